The third kappa shape index (κ3) is 0.563. The first-order chi connectivity index (χ1) is 5.00. The summed E-state index contributed by atoms with van der Waals surface area (Å²) in [4.78, 5) is 0. The Morgan fingerprint density at radius 1 is 0.667 bits per heavy atom. The molecule has 0 radical (unpaired) electrons. The third-order valence-corrected chi connectivity index (χ3v) is 6.39. The molecule has 0 atom stereocenters. The van der Waals surface area contributed by atoms with Gasteiger partial charge in [0.15, 0.2) is 0 Å². The van der Waals surface area contributed by atoms with Crippen molar-refractivity contribution in [2.45, 2.75) is 9.17 Å². The molecular weight excluding hydrogens is 228 g/mol. The van der Waals surface area contributed by atoms with Gasteiger partial charge in [-0.2, -0.15) is 17.6 Å². The maximum atomic E-state index is 11.9. The molecule has 1 aliphatic rings. The lowest BCUT2D eigenvalue weighted by molar-refractivity contribution is 0.0877. The highest BCUT2D eigenvalue weighted by atomic mass is 32.3. The van der Waals surface area contributed by atoms with E-state index in [1.54, 1.807) is 0 Å². The Morgan fingerprint density at radius 2 is 0.833 bits per heavy atom. The minimum Gasteiger partial charge on any atom is -0.214 e. The molecule has 10 heteroatoms. The summed E-state index contributed by atoms with van der Waals surface area (Å²) < 4.78 is 76.7. The fourth-order valence-electron chi connectivity index (χ4n) is 0.531. The molecule has 0 unspecified atom stereocenters. The number of sulfone groups is 2. The molecule has 0 aromatic heterocycles. The maximum absolute atomic E-state index is 11.9. The van der Waals surface area contributed by atoms with E-state index in [9.17, 15) is 34.4 Å². The van der Waals surface area contributed by atoms with Gasteiger partial charge in [0.05, 0.1) is 0 Å². The average molecular weight is 228 g/mol. The van der Waals surface area contributed by atoms with Crippen LogP contribution in [0.1, 0.15) is 0 Å². The number of hydrogen-bond acceptors (Lipinski definition) is 4. The molecule has 0 amide bonds. The normalized spacial score (nSPS) is 33.7. The molecule has 12 heavy (non-hydrogen) atoms. The topological polar surface area (TPSA) is 68.3 Å². The van der Waals surface area contributed by atoms with Crippen LogP contribution in [0.15, 0.2) is 0 Å². The zero-order valence-corrected chi connectivity index (χ0v) is 6.59. The van der Waals surface area contributed by atoms with Crippen molar-refractivity contribution >= 4 is 19.7 Å². The Hall–Kier alpha value is -0.380. The van der Waals surface area contributed by atoms with E-state index in [1.165, 1.54) is 0 Å². The predicted octanol–water partition coefficient (Wildman–Crippen LogP) is -0.0698. The number of alkyl halides is 4. The van der Waals surface area contributed by atoms with Crippen molar-refractivity contribution in [3.05, 3.63) is 0 Å². The van der Waals surface area contributed by atoms with Gasteiger partial charge in [-0.1, -0.05) is 0 Å². The van der Waals surface area contributed by atoms with Gasteiger partial charge in [0.25, 0.3) is 0 Å². The van der Waals surface area contributed by atoms with Crippen LogP contribution < -0.4 is 0 Å². The minimum absolute atomic E-state index is 5.36. The minimum atomic E-state index is -6.20. The highest BCUT2D eigenvalue weighted by molar-refractivity contribution is 8.26. The van der Waals surface area contributed by atoms with E-state index in [1.807, 2.05) is 0 Å². The molecule has 1 fully saturated rings. The molecule has 1 rings (SSSR count). The van der Waals surface area contributed by atoms with Crippen molar-refractivity contribution < 1.29 is 34.4 Å². The lowest BCUT2D eigenvalue weighted by atomic mass is 11.5. The molecule has 0 aromatic carbocycles. The van der Waals surface area contributed by atoms with E-state index in [0.29, 0.717) is 0 Å². The first-order valence-corrected chi connectivity index (χ1v) is 5.21. The van der Waals surface area contributed by atoms with Crippen LogP contribution in [0.2, 0.25) is 0 Å². The molecule has 0 spiro atoms. The Labute approximate surface area is 64.0 Å². The second-order valence-electron chi connectivity index (χ2n) is 1.93. The van der Waals surface area contributed by atoms with Crippen molar-refractivity contribution in [3.8, 4) is 0 Å². The highest BCUT2D eigenvalue weighted by Gasteiger charge is 2.89. The molecule has 0 bridgehead atoms. The first-order valence-electron chi connectivity index (χ1n) is 2.24. The molecule has 4 nitrogen and oxygen atoms in total. The van der Waals surface area contributed by atoms with Crippen molar-refractivity contribution in [1.29, 1.82) is 0 Å². The fourth-order valence-corrected chi connectivity index (χ4v) is 4.08. The standard InChI is InChI=1S/C2F4O4S2/c3-1(4)11(7,8)2(5,6)12(1,9)10. The smallest absolute Gasteiger partial charge is 0.214 e. The Bertz CT molecular complexity index is 350. The average Bonchev–Trinajstić information content (AvgIpc) is 1.84. The van der Waals surface area contributed by atoms with Crippen LogP contribution in [0.4, 0.5) is 17.6 Å². The van der Waals surface area contributed by atoms with Crippen LogP contribution in [0, 0.1) is 0 Å². The lowest BCUT2D eigenvalue weighted by Crippen LogP contribution is -2.65. The summed E-state index contributed by atoms with van der Waals surface area (Å²) in [5, 5.41) is 0. The quantitative estimate of drug-likeness (QED) is 0.544. The zero-order valence-electron chi connectivity index (χ0n) is 4.96. The number of rotatable bonds is 0. The molecule has 1 saturated heterocycles. The predicted molar refractivity (Wildman–Crippen MR) is 27.7 cm³/mol. The van der Waals surface area contributed by atoms with Gasteiger partial charge in [-0.25, -0.2) is 16.8 Å². The lowest BCUT2D eigenvalue weighted by Gasteiger charge is -2.32. The summed E-state index contributed by atoms with van der Waals surface area (Å²) in [6, 6.07) is 0. The van der Waals surface area contributed by atoms with Crippen LogP contribution in [-0.2, 0) is 19.7 Å². The summed E-state index contributed by atoms with van der Waals surface area (Å²) in [6.45, 7) is 0. The van der Waals surface area contributed by atoms with Crippen LogP contribution >= 0.6 is 0 Å². The molecule has 1 heterocycles. The van der Waals surface area contributed by atoms with Gasteiger partial charge in [0, 0.05) is 0 Å². The van der Waals surface area contributed by atoms with Crippen LogP contribution in [0.3, 0.4) is 0 Å². The van der Waals surface area contributed by atoms with E-state index in [0.717, 1.165) is 0 Å². The van der Waals surface area contributed by atoms with E-state index in [4.69, 9.17) is 0 Å². The first kappa shape index (κ1) is 9.71. The third-order valence-electron chi connectivity index (χ3n) is 1.25. The number of hydrogen-bond donors (Lipinski definition) is 0. The number of halogens is 4. The van der Waals surface area contributed by atoms with Gasteiger partial charge in [0.2, 0.25) is 0 Å². The second-order valence-corrected chi connectivity index (χ2v) is 6.52. The Morgan fingerprint density at radius 3 is 0.917 bits per heavy atom. The second kappa shape index (κ2) is 1.76. The van der Waals surface area contributed by atoms with Gasteiger partial charge in [-0.05, 0) is 0 Å². The summed E-state index contributed by atoms with van der Waals surface area (Å²) in [6.07, 6.45) is 0. The van der Waals surface area contributed by atoms with Crippen LogP contribution in [0.25, 0.3) is 0 Å². The fraction of sp³-hybridized carbons (Fsp3) is 1.00. The van der Waals surface area contributed by atoms with E-state index in [-0.39, 0.29) is 0 Å². The van der Waals surface area contributed by atoms with Crippen LogP contribution in [-0.4, -0.2) is 26.0 Å². The van der Waals surface area contributed by atoms with Crippen molar-refractivity contribution in [1.82, 2.24) is 0 Å². The molecule has 0 saturated carbocycles. The summed E-state index contributed by atoms with van der Waals surface area (Å²) >= 11 is 0. The van der Waals surface area contributed by atoms with E-state index >= 15 is 0 Å². The van der Waals surface area contributed by atoms with Crippen LogP contribution in [0.5, 0.6) is 0 Å². The molecule has 72 valence electrons. The monoisotopic (exact) mass is 228 g/mol. The molecule has 1 aliphatic heterocycles. The zero-order chi connectivity index (χ0) is 10.0. The molecule has 0 aromatic rings. The van der Waals surface area contributed by atoms with Crippen molar-refractivity contribution in [3.63, 3.8) is 0 Å². The van der Waals surface area contributed by atoms with Crippen molar-refractivity contribution in [2.24, 2.45) is 0 Å². The van der Waals surface area contributed by atoms with Gasteiger partial charge >= 0.3 is 28.8 Å². The summed E-state index contributed by atoms with van der Waals surface area (Å²) in [5.74, 6) is 0. The molecule has 0 N–H and O–H groups in total. The van der Waals surface area contributed by atoms with Gasteiger partial charge < -0.3 is 0 Å². The van der Waals surface area contributed by atoms with E-state index in [2.05, 4.69) is 0 Å². The summed E-state index contributed by atoms with van der Waals surface area (Å²) in [7, 11) is -12.4. The van der Waals surface area contributed by atoms with E-state index < -0.39 is 28.8 Å². The van der Waals surface area contributed by atoms with Gasteiger partial charge in [0.1, 0.15) is 0 Å². The highest BCUT2D eigenvalue weighted by Crippen LogP contribution is 2.55. The largest absolute Gasteiger partial charge is 0.459 e. The SMILES string of the molecule is O=S1(=O)C(F)(F)S(=O)(=O)C1(F)F. The van der Waals surface area contributed by atoms with Crippen molar-refractivity contribution in [2.75, 3.05) is 0 Å². The Kier molecular flexibility index (Phi) is 1.42. The molecular formula is C2F4O4S2. The molecule has 0 aliphatic carbocycles. The van der Waals surface area contributed by atoms with Gasteiger partial charge in [-0.3, -0.25) is 0 Å². The van der Waals surface area contributed by atoms with Gasteiger partial charge in [-0.15, -0.1) is 0 Å². The Balaban J connectivity index is 3.58. The maximum Gasteiger partial charge on any atom is 0.459 e. The summed E-state index contributed by atoms with van der Waals surface area (Å²) in [5.41, 5.74) is 0.